The lowest BCUT2D eigenvalue weighted by Gasteiger charge is -2.09. The first-order valence-corrected chi connectivity index (χ1v) is 9.98. The van der Waals surface area contributed by atoms with Crippen molar-refractivity contribution < 1.29 is 9.90 Å². The second kappa shape index (κ2) is 9.04. The van der Waals surface area contributed by atoms with Crippen LogP contribution < -0.4 is 5.43 Å². The van der Waals surface area contributed by atoms with Gasteiger partial charge in [-0.1, -0.05) is 64.6 Å². The van der Waals surface area contributed by atoms with E-state index in [0.29, 0.717) is 6.54 Å². The van der Waals surface area contributed by atoms with Crippen molar-refractivity contribution in [3.8, 4) is 0 Å². The molecule has 0 radical (unpaired) electrons. The van der Waals surface area contributed by atoms with Crippen LogP contribution in [0.5, 0.6) is 0 Å². The zero-order chi connectivity index (χ0) is 22.0. The topological polar surface area (TPSA) is 92.4 Å². The number of aromatic nitrogens is 3. The lowest BCUT2D eigenvalue weighted by atomic mass is 10.1. The first-order chi connectivity index (χ1) is 14.2. The van der Waals surface area contributed by atoms with E-state index in [1.165, 1.54) is 5.56 Å². The fourth-order valence-electron chi connectivity index (χ4n) is 2.83. The Bertz CT molecular complexity index is 1140. The highest BCUT2D eigenvalue weighted by Gasteiger charge is 2.20. The maximum atomic E-state index is 11.3. The summed E-state index contributed by atoms with van der Waals surface area (Å²) in [6, 6.07) is 8.26. The Morgan fingerprint density at radius 2 is 1.83 bits per heavy atom. The van der Waals surface area contributed by atoms with Gasteiger partial charge in [0.25, 0.3) is 0 Å². The van der Waals surface area contributed by atoms with Crippen LogP contribution in [0.3, 0.4) is 0 Å². The number of hydrogen-bond acceptors (Lipinski definition) is 5. The minimum atomic E-state index is -1.32. The molecule has 2 aromatic heterocycles. The van der Waals surface area contributed by atoms with Crippen LogP contribution in [0.15, 0.2) is 29.4 Å². The highest BCUT2D eigenvalue weighted by atomic mass is 35.5. The van der Waals surface area contributed by atoms with Gasteiger partial charge in [-0.25, -0.2) is 9.78 Å². The molecule has 0 aliphatic rings. The van der Waals surface area contributed by atoms with E-state index < -0.39 is 11.7 Å². The summed E-state index contributed by atoms with van der Waals surface area (Å²) in [6.07, 6.45) is 1.57. The highest BCUT2D eigenvalue weighted by molar-refractivity contribution is 6.46. The summed E-state index contributed by atoms with van der Waals surface area (Å²) in [5, 5.41) is 17.5. The number of halogens is 3. The molecule has 3 rings (SSSR count). The lowest BCUT2D eigenvalue weighted by molar-refractivity contribution is 0.0691. The van der Waals surface area contributed by atoms with Crippen molar-refractivity contribution in [2.75, 3.05) is 5.43 Å². The third kappa shape index (κ3) is 4.59. The van der Waals surface area contributed by atoms with Crippen molar-refractivity contribution in [3.63, 3.8) is 0 Å². The van der Waals surface area contributed by atoms with E-state index in [0.717, 1.165) is 22.5 Å². The number of pyridine rings is 1. The molecule has 0 fully saturated rings. The van der Waals surface area contributed by atoms with E-state index >= 15 is 0 Å². The van der Waals surface area contributed by atoms with Crippen LogP contribution in [-0.4, -0.2) is 32.1 Å². The summed E-state index contributed by atoms with van der Waals surface area (Å²) >= 11 is 18.1. The largest absolute Gasteiger partial charge is 0.476 e. The number of rotatable bonds is 6. The molecule has 10 heteroatoms. The summed E-state index contributed by atoms with van der Waals surface area (Å²) in [4.78, 5) is 14.9. The Balaban J connectivity index is 1.85. The number of carbonyl (C=O) groups is 1. The van der Waals surface area contributed by atoms with Gasteiger partial charge in [0.1, 0.15) is 10.0 Å². The number of carboxylic acid groups (broad SMARTS) is 1. The standard InChI is InChI=1S/C20H18Cl3N5O2/c1-10-4-6-13(7-5-10)9-28-12(3)14(11(2)27-28)8-24-26-17-15(21)18(20(29)30)25-19(23)16(17)22/h4-8H,9H2,1-3H3,(H,25,26)(H,29,30)/b24-8-. The van der Waals surface area contributed by atoms with Gasteiger partial charge in [-0.2, -0.15) is 10.2 Å². The van der Waals surface area contributed by atoms with Gasteiger partial charge >= 0.3 is 5.97 Å². The van der Waals surface area contributed by atoms with Crippen LogP contribution in [0.25, 0.3) is 0 Å². The molecule has 0 unspecified atom stereocenters. The third-order valence-corrected chi connectivity index (χ3v) is 5.61. The Labute approximate surface area is 188 Å². The number of carboxylic acids is 1. The predicted octanol–water partition coefficient (Wildman–Crippen LogP) is 5.36. The molecule has 0 saturated heterocycles. The van der Waals surface area contributed by atoms with E-state index in [-0.39, 0.29) is 20.9 Å². The molecule has 0 aliphatic carbocycles. The molecule has 1 aromatic carbocycles. The number of anilines is 1. The molecule has 0 spiro atoms. The molecule has 0 atom stereocenters. The predicted molar refractivity (Wildman–Crippen MR) is 119 cm³/mol. The van der Waals surface area contributed by atoms with E-state index in [4.69, 9.17) is 34.8 Å². The molecule has 2 heterocycles. The molecule has 0 bridgehead atoms. The van der Waals surface area contributed by atoms with E-state index in [2.05, 4.69) is 44.9 Å². The second-order valence-electron chi connectivity index (χ2n) is 6.66. The maximum Gasteiger partial charge on any atom is 0.356 e. The number of nitrogens with one attached hydrogen (secondary N) is 1. The SMILES string of the molecule is Cc1ccc(Cn2nc(C)c(/C=N\Nc3c(Cl)c(Cl)nc(C(=O)O)c3Cl)c2C)cc1. The van der Waals surface area contributed by atoms with Gasteiger partial charge in [0.2, 0.25) is 0 Å². The maximum absolute atomic E-state index is 11.3. The smallest absolute Gasteiger partial charge is 0.356 e. The molecule has 30 heavy (non-hydrogen) atoms. The van der Waals surface area contributed by atoms with Crippen molar-refractivity contribution in [1.82, 2.24) is 14.8 Å². The molecule has 0 aliphatic heterocycles. The van der Waals surface area contributed by atoms with Crippen molar-refractivity contribution in [1.29, 1.82) is 0 Å². The van der Waals surface area contributed by atoms with E-state index in [1.54, 1.807) is 6.21 Å². The average molecular weight is 467 g/mol. The zero-order valence-corrected chi connectivity index (χ0v) is 18.6. The molecule has 0 amide bonds. The van der Waals surface area contributed by atoms with Gasteiger partial charge in [0.15, 0.2) is 10.8 Å². The number of aryl methyl sites for hydroxylation is 2. The first-order valence-electron chi connectivity index (χ1n) is 8.85. The van der Waals surface area contributed by atoms with Gasteiger partial charge in [-0.15, -0.1) is 0 Å². The number of hydrazone groups is 1. The first kappa shape index (κ1) is 22.1. The Morgan fingerprint density at radius 3 is 2.47 bits per heavy atom. The van der Waals surface area contributed by atoms with Crippen molar-refractivity contribution >= 4 is 52.7 Å². The summed E-state index contributed by atoms with van der Waals surface area (Å²) in [5.41, 5.74) is 7.19. The Hall–Kier alpha value is -2.61. The molecular formula is C20H18Cl3N5O2. The van der Waals surface area contributed by atoms with Crippen molar-refractivity contribution in [2.45, 2.75) is 27.3 Å². The van der Waals surface area contributed by atoms with Gasteiger partial charge in [-0.05, 0) is 26.3 Å². The fraction of sp³-hybridized carbons (Fsp3) is 0.200. The summed E-state index contributed by atoms with van der Waals surface area (Å²) < 4.78 is 1.90. The van der Waals surface area contributed by atoms with Crippen LogP contribution in [0.1, 0.15) is 38.6 Å². The van der Waals surface area contributed by atoms with Crippen LogP contribution in [0, 0.1) is 20.8 Å². The molecule has 7 nitrogen and oxygen atoms in total. The monoisotopic (exact) mass is 465 g/mol. The molecule has 3 aromatic rings. The van der Waals surface area contributed by atoms with Crippen LogP contribution in [-0.2, 0) is 6.54 Å². The van der Waals surface area contributed by atoms with Gasteiger partial charge in [0.05, 0.1) is 24.1 Å². The van der Waals surface area contributed by atoms with Crippen LogP contribution in [0.4, 0.5) is 5.69 Å². The highest BCUT2D eigenvalue weighted by Crippen LogP contribution is 2.36. The van der Waals surface area contributed by atoms with Crippen LogP contribution >= 0.6 is 34.8 Å². The van der Waals surface area contributed by atoms with Crippen molar-refractivity contribution in [3.05, 3.63) is 73.2 Å². The Kier molecular flexibility index (Phi) is 6.65. The summed E-state index contributed by atoms with van der Waals surface area (Å²) in [5.74, 6) is -1.32. The minimum Gasteiger partial charge on any atom is -0.476 e. The molecule has 156 valence electrons. The van der Waals surface area contributed by atoms with Crippen molar-refractivity contribution in [2.24, 2.45) is 5.10 Å². The summed E-state index contributed by atoms with van der Waals surface area (Å²) in [7, 11) is 0. The fourth-order valence-corrected chi connectivity index (χ4v) is 3.50. The molecule has 2 N–H and O–H groups in total. The second-order valence-corrected chi connectivity index (χ2v) is 7.77. The lowest BCUT2D eigenvalue weighted by Crippen LogP contribution is -2.05. The van der Waals surface area contributed by atoms with Crippen LogP contribution in [0.2, 0.25) is 15.2 Å². The number of benzene rings is 1. The minimum absolute atomic E-state index is 0.0210. The molecule has 0 saturated carbocycles. The third-order valence-electron chi connectivity index (χ3n) is 4.50. The van der Waals surface area contributed by atoms with E-state index in [1.807, 2.05) is 25.5 Å². The van der Waals surface area contributed by atoms with E-state index in [9.17, 15) is 9.90 Å². The number of nitrogens with zero attached hydrogens (tertiary/aromatic N) is 4. The normalized spacial score (nSPS) is 11.3. The van der Waals surface area contributed by atoms with Gasteiger partial charge in [-0.3, -0.25) is 10.1 Å². The average Bonchev–Trinajstić information content (AvgIpc) is 2.96. The zero-order valence-electron chi connectivity index (χ0n) is 16.4. The van der Waals surface area contributed by atoms with Gasteiger partial charge < -0.3 is 5.11 Å². The number of hydrogen-bond donors (Lipinski definition) is 2. The quantitative estimate of drug-likeness (QED) is 0.290. The summed E-state index contributed by atoms with van der Waals surface area (Å²) in [6.45, 7) is 6.50. The molecular weight excluding hydrogens is 449 g/mol. The Morgan fingerprint density at radius 1 is 1.17 bits per heavy atom. The van der Waals surface area contributed by atoms with Gasteiger partial charge in [0, 0.05) is 11.3 Å². The number of aromatic carboxylic acids is 1.